The van der Waals surface area contributed by atoms with Gasteiger partial charge in [0.15, 0.2) is 5.82 Å². The number of nitrogens with one attached hydrogen (secondary N) is 1. The lowest BCUT2D eigenvalue weighted by molar-refractivity contribution is -0.120. The van der Waals surface area contributed by atoms with E-state index in [2.05, 4.69) is 20.3 Å². The van der Waals surface area contributed by atoms with E-state index in [-0.39, 0.29) is 11.9 Å². The highest BCUT2D eigenvalue weighted by atomic mass is 16.2. The number of hydrogen-bond acceptors (Lipinski definition) is 5. The van der Waals surface area contributed by atoms with Gasteiger partial charge >= 0.3 is 0 Å². The number of nitriles is 2. The molecule has 2 aliphatic rings. The van der Waals surface area contributed by atoms with Crippen molar-refractivity contribution in [2.75, 3.05) is 0 Å². The molecule has 2 aromatic rings. The van der Waals surface area contributed by atoms with Crippen LogP contribution in [0.1, 0.15) is 27.8 Å². The number of aliphatic imine (C=N–C) groups is 2. The predicted molar refractivity (Wildman–Crippen MR) is 123 cm³/mol. The molecular weight excluding hydrogens is 400 g/mol. The Labute approximate surface area is 185 Å². The standard InChI is InChI=1S/C25H18N6O/c1-15-11-17(5-4-10-26)12-16(2)22(15)19-6-3-7-20-23(19)30-25(31-24(20)32)29-21-9-8-18(13-27)14-28-21/h3-9,11-12,14,20H,1-2H3,(H,28,29,31,32)/b5-4+. The van der Waals surface area contributed by atoms with Gasteiger partial charge in [0, 0.05) is 17.8 Å². The summed E-state index contributed by atoms with van der Waals surface area (Å²) in [5, 5.41) is 20.4. The lowest BCUT2D eigenvalue weighted by atomic mass is 9.82. The molecular formula is C25H18N6O. The summed E-state index contributed by atoms with van der Waals surface area (Å²) in [5.41, 5.74) is 5.88. The van der Waals surface area contributed by atoms with Crippen LogP contribution in [0.5, 0.6) is 0 Å². The zero-order valence-electron chi connectivity index (χ0n) is 17.5. The molecule has 154 valence electrons. The van der Waals surface area contributed by atoms with Gasteiger partial charge in [-0.3, -0.25) is 10.1 Å². The Kier molecular flexibility index (Phi) is 5.57. The van der Waals surface area contributed by atoms with E-state index in [1.807, 2.05) is 56.3 Å². The number of aromatic nitrogens is 1. The lowest BCUT2D eigenvalue weighted by Crippen LogP contribution is -2.44. The normalized spacial score (nSPS) is 18.4. The summed E-state index contributed by atoms with van der Waals surface area (Å²) < 4.78 is 0. The summed E-state index contributed by atoms with van der Waals surface area (Å²) in [6.07, 6.45) is 10.3. The average Bonchev–Trinajstić information content (AvgIpc) is 2.78. The van der Waals surface area contributed by atoms with Crippen molar-refractivity contribution in [1.29, 1.82) is 10.5 Å². The first kappa shape index (κ1) is 20.6. The molecule has 1 unspecified atom stereocenters. The molecule has 7 heteroatoms. The molecule has 4 rings (SSSR count). The molecule has 0 bridgehead atoms. The molecule has 0 radical (unpaired) electrons. The van der Waals surface area contributed by atoms with Gasteiger partial charge < -0.3 is 0 Å². The van der Waals surface area contributed by atoms with Crippen molar-refractivity contribution < 1.29 is 4.79 Å². The Hall–Kier alpha value is -4.62. The van der Waals surface area contributed by atoms with Crippen LogP contribution in [0.4, 0.5) is 5.82 Å². The first-order chi connectivity index (χ1) is 15.5. The van der Waals surface area contributed by atoms with Gasteiger partial charge in [0.25, 0.3) is 0 Å². The Balaban J connectivity index is 1.77. The molecule has 1 atom stereocenters. The maximum atomic E-state index is 12.8. The van der Waals surface area contributed by atoms with E-state index in [4.69, 9.17) is 10.5 Å². The Morgan fingerprint density at radius 1 is 1.19 bits per heavy atom. The minimum atomic E-state index is -0.514. The lowest BCUT2D eigenvalue weighted by Gasteiger charge is -2.27. The maximum absolute atomic E-state index is 12.8. The van der Waals surface area contributed by atoms with Gasteiger partial charge in [0.1, 0.15) is 6.07 Å². The van der Waals surface area contributed by atoms with Gasteiger partial charge in [-0.15, -0.1) is 0 Å². The third kappa shape index (κ3) is 4.00. The fraction of sp³-hybridized carbons (Fsp3) is 0.120. The monoisotopic (exact) mass is 418 g/mol. The first-order valence-electron chi connectivity index (χ1n) is 9.91. The number of hydrogen-bond donors (Lipinski definition) is 1. The fourth-order valence-electron chi connectivity index (χ4n) is 3.82. The van der Waals surface area contributed by atoms with Gasteiger partial charge in [-0.1, -0.05) is 30.4 Å². The van der Waals surface area contributed by atoms with E-state index < -0.39 is 5.92 Å². The fourth-order valence-corrected chi connectivity index (χ4v) is 3.82. The molecule has 1 aromatic heterocycles. The number of allylic oxidation sites excluding steroid dienone is 4. The van der Waals surface area contributed by atoms with E-state index >= 15 is 0 Å². The van der Waals surface area contributed by atoms with Gasteiger partial charge in [0.2, 0.25) is 11.9 Å². The number of carbonyl (C=O) groups is 1. The van der Waals surface area contributed by atoms with Crippen molar-refractivity contribution in [3.8, 4) is 12.1 Å². The Bertz CT molecular complexity index is 1320. The molecule has 7 nitrogen and oxygen atoms in total. The number of pyridine rings is 1. The number of rotatable bonds is 3. The number of fused-ring (bicyclic) bond motifs is 1. The largest absolute Gasteiger partial charge is 0.294 e. The minimum absolute atomic E-state index is 0.156. The summed E-state index contributed by atoms with van der Waals surface area (Å²) in [7, 11) is 0. The van der Waals surface area contributed by atoms with Crippen LogP contribution in [0, 0.1) is 42.4 Å². The average molecular weight is 418 g/mol. The molecule has 0 fully saturated rings. The highest BCUT2D eigenvalue weighted by molar-refractivity contribution is 6.37. The topological polar surface area (TPSA) is 114 Å². The second-order valence-electron chi connectivity index (χ2n) is 7.37. The zero-order chi connectivity index (χ0) is 22.7. The van der Waals surface area contributed by atoms with E-state index in [0.717, 1.165) is 27.8 Å². The minimum Gasteiger partial charge on any atom is -0.294 e. The van der Waals surface area contributed by atoms with Crippen molar-refractivity contribution in [2.45, 2.75) is 13.8 Å². The quantitative estimate of drug-likeness (QED) is 0.760. The molecule has 0 saturated carbocycles. The van der Waals surface area contributed by atoms with E-state index in [0.29, 0.717) is 17.1 Å². The maximum Gasteiger partial charge on any atom is 0.239 e. The predicted octanol–water partition coefficient (Wildman–Crippen LogP) is 3.93. The van der Waals surface area contributed by atoms with Gasteiger partial charge in [-0.2, -0.15) is 15.5 Å². The molecule has 32 heavy (non-hydrogen) atoms. The van der Waals surface area contributed by atoms with Crippen molar-refractivity contribution in [1.82, 2.24) is 10.3 Å². The molecule has 0 saturated heterocycles. The molecule has 1 aliphatic carbocycles. The van der Waals surface area contributed by atoms with Crippen LogP contribution in [-0.4, -0.2) is 22.6 Å². The summed E-state index contributed by atoms with van der Waals surface area (Å²) in [6, 6.07) is 11.2. The van der Waals surface area contributed by atoms with Crippen LogP contribution in [-0.2, 0) is 4.79 Å². The summed E-state index contributed by atoms with van der Waals surface area (Å²) >= 11 is 0. The van der Waals surface area contributed by atoms with Crippen molar-refractivity contribution in [2.24, 2.45) is 15.9 Å². The number of amides is 1. The number of benzene rings is 1. The molecule has 2 heterocycles. The molecule has 1 aromatic carbocycles. The Morgan fingerprint density at radius 2 is 1.97 bits per heavy atom. The van der Waals surface area contributed by atoms with E-state index in [1.54, 1.807) is 18.2 Å². The number of carbonyl (C=O) groups excluding carboxylic acids is 1. The first-order valence-corrected chi connectivity index (χ1v) is 9.91. The third-order valence-corrected chi connectivity index (χ3v) is 5.15. The number of guanidine groups is 1. The molecule has 1 N–H and O–H groups in total. The highest BCUT2D eigenvalue weighted by Gasteiger charge is 2.33. The van der Waals surface area contributed by atoms with Crippen LogP contribution in [0.2, 0.25) is 0 Å². The van der Waals surface area contributed by atoms with Gasteiger partial charge in [-0.05, 0) is 54.3 Å². The van der Waals surface area contributed by atoms with Crippen molar-refractivity contribution in [3.05, 3.63) is 82.6 Å². The zero-order valence-corrected chi connectivity index (χ0v) is 17.5. The molecule has 1 amide bonds. The number of nitrogens with zero attached hydrogens (tertiary/aromatic N) is 5. The second-order valence-corrected chi connectivity index (χ2v) is 7.37. The van der Waals surface area contributed by atoms with E-state index in [1.165, 1.54) is 12.3 Å². The van der Waals surface area contributed by atoms with Crippen molar-refractivity contribution >= 4 is 35.0 Å². The SMILES string of the molecule is Cc1cc(/C=C/C#N)cc(C)c1C1=CC=CC2C(=O)NC(=Nc3ccc(C#N)cn3)N=C12. The Morgan fingerprint density at radius 3 is 2.62 bits per heavy atom. The van der Waals surface area contributed by atoms with Crippen LogP contribution in [0.3, 0.4) is 0 Å². The smallest absolute Gasteiger partial charge is 0.239 e. The summed E-state index contributed by atoms with van der Waals surface area (Å²) in [4.78, 5) is 25.9. The van der Waals surface area contributed by atoms with Crippen molar-refractivity contribution in [3.63, 3.8) is 0 Å². The third-order valence-electron chi connectivity index (χ3n) is 5.15. The second kappa shape index (κ2) is 8.63. The molecule has 1 aliphatic heterocycles. The van der Waals surface area contributed by atoms with E-state index in [9.17, 15) is 4.79 Å². The highest BCUT2D eigenvalue weighted by Crippen LogP contribution is 2.32. The summed E-state index contributed by atoms with van der Waals surface area (Å²) in [5.74, 6) is -0.225. The van der Waals surface area contributed by atoms with Gasteiger partial charge in [0.05, 0.1) is 23.3 Å². The van der Waals surface area contributed by atoms with Gasteiger partial charge in [-0.25, -0.2) is 9.98 Å². The summed E-state index contributed by atoms with van der Waals surface area (Å²) in [6.45, 7) is 4.00. The van der Waals surface area contributed by atoms with Crippen LogP contribution < -0.4 is 5.32 Å². The molecule has 0 spiro atoms. The van der Waals surface area contributed by atoms with Crippen LogP contribution in [0.15, 0.2) is 64.8 Å². The van der Waals surface area contributed by atoms with Crippen LogP contribution >= 0.6 is 0 Å². The van der Waals surface area contributed by atoms with Crippen LogP contribution in [0.25, 0.3) is 11.6 Å². The number of aryl methyl sites for hydroxylation is 2.